The molecule has 0 rings (SSSR count). The zero-order valence-electron chi connectivity index (χ0n) is 12.1. The third kappa shape index (κ3) is 3.78. The van der Waals surface area contributed by atoms with Crippen molar-refractivity contribution < 1.29 is 4.79 Å². The van der Waals surface area contributed by atoms with Gasteiger partial charge in [-0.3, -0.25) is 4.79 Å². The number of rotatable bonds is 2. The van der Waals surface area contributed by atoms with Gasteiger partial charge in [0.1, 0.15) is 0 Å². The smallest absolute Gasteiger partial charge is 0.240 e. The zero-order valence-corrected chi connectivity index (χ0v) is 12.1. The maximum Gasteiger partial charge on any atom is 0.240 e. The average Bonchev–Trinajstić information content (AvgIpc) is 2.10. The summed E-state index contributed by atoms with van der Waals surface area (Å²) in [5, 5.41) is 0. The van der Waals surface area contributed by atoms with Gasteiger partial charge in [0.15, 0.2) is 0 Å². The third-order valence-corrected chi connectivity index (χ3v) is 3.38. The van der Waals surface area contributed by atoms with Crippen LogP contribution in [0.3, 0.4) is 0 Å². The predicted molar refractivity (Wildman–Crippen MR) is 69.1 cm³/mol. The topological polar surface area (TPSA) is 46.3 Å². The van der Waals surface area contributed by atoms with Gasteiger partial charge in [-0.25, -0.2) is 0 Å². The number of carbonyl (C=O) groups excluding carboxylic acids is 1. The van der Waals surface area contributed by atoms with E-state index in [0.29, 0.717) is 0 Å². The standard InChI is InChI=1S/C13H28N2O/c1-9(12(2,3)4)15(8)11(16)10(14)13(5,6)7/h9-10H,14H2,1-8H3. The molecule has 0 saturated heterocycles. The number of amides is 1. The van der Waals surface area contributed by atoms with Crippen molar-refractivity contribution in [1.29, 1.82) is 0 Å². The minimum absolute atomic E-state index is 0.0231. The van der Waals surface area contributed by atoms with Crippen molar-refractivity contribution in [3.05, 3.63) is 0 Å². The molecule has 0 saturated carbocycles. The minimum Gasteiger partial charge on any atom is -0.341 e. The van der Waals surface area contributed by atoms with Gasteiger partial charge in [0, 0.05) is 13.1 Å². The van der Waals surface area contributed by atoms with Crippen molar-refractivity contribution in [3.8, 4) is 0 Å². The number of hydrogen-bond donors (Lipinski definition) is 1. The Hall–Kier alpha value is -0.570. The fraction of sp³-hybridized carbons (Fsp3) is 0.923. The molecular formula is C13H28N2O. The molecule has 2 N–H and O–H groups in total. The maximum absolute atomic E-state index is 12.2. The van der Waals surface area contributed by atoms with Gasteiger partial charge in [-0.1, -0.05) is 41.5 Å². The summed E-state index contributed by atoms with van der Waals surface area (Å²) >= 11 is 0. The Morgan fingerprint density at radius 3 is 1.69 bits per heavy atom. The molecule has 0 fully saturated rings. The quantitative estimate of drug-likeness (QED) is 0.788. The first-order valence-electron chi connectivity index (χ1n) is 5.91. The predicted octanol–water partition coefficient (Wildman–Crippen LogP) is 2.25. The van der Waals surface area contributed by atoms with Crippen LogP contribution in [-0.4, -0.2) is 29.9 Å². The van der Waals surface area contributed by atoms with Gasteiger partial charge in [-0.2, -0.15) is 0 Å². The zero-order chi connectivity index (χ0) is 13.3. The number of hydrogen-bond acceptors (Lipinski definition) is 2. The summed E-state index contributed by atoms with van der Waals surface area (Å²) < 4.78 is 0. The molecule has 0 heterocycles. The van der Waals surface area contributed by atoms with Crippen LogP contribution in [0.2, 0.25) is 0 Å². The van der Waals surface area contributed by atoms with Crippen LogP contribution in [0.4, 0.5) is 0 Å². The number of nitrogens with two attached hydrogens (primary N) is 1. The Bertz CT molecular complexity index is 248. The van der Waals surface area contributed by atoms with Crippen LogP contribution >= 0.6 is 0 Å². The van der Waals surface area contributed by atoms with Crippen LogP contribution in [0, 0.1) is 10.8 Å². The fourth-order valence-electron chi connectivity index (χ4n) is 1.36. The van der Waals surface area contributed by atoms with E-state index in [1.54, 1.807) is 4.90 Å². The van der Waals surface area contributed by atoms with Crippen LogP contribution in [0.5, 0.6) is 0 Å². The van der Waals surface area contributed by atoms with Crippen LogP contribution in [-0.2, 0) is 4.79 Å². The van der Waals surface area contributed by atoms with Crippen LogP contribution in [0.25, 0.3) is 0 Å². The first-order chi connectivity index (χ1) is 6.89. The molecule has 0 aromatic carbocycles. The second-order valence-corrected chi connectivity index (χ2v) is 6.83. The molecule has 3 nitrogen and oxygen atoms in total. The summed E-state index contributed by atoms with van der Waals surface area (Å²) in [5.74, 6) is 0.0231. The fourth-order valence-corrected chi connectivity index (χ4v) is 1.36. The molecule has 0 radical (unpaired) electrons. The van der Waals surface area contributed by atoms with Crippen LogP contribution in [0.15, 0.2) is 0 Å². The van der Waals surface area contributed by atoms with Gasteiger partial charge in [-0.05, 0) is 17.8 Å². The summed E-state index contributed by atoms with van der Waals surface area (Å²) in [4.78, 5) is 14.0. The molecule has 0 spiro atoms. The SMILES string of the molecule is CC(N(C)C(=O)C(N)C(C)(C)C)C(C)(C)C. The van der Waals surface area contributed by atoms with Gasteiger partial charge >= 0.3 is 0 Å². The van der Waals surface area contributed by atoms with Crippen LogP contribution < -0.4 is 5.73 Å². The van der Waals surface area contributed by atoms with E-state index < -0.39 is 6.04 Å². The summed E-state index contributed by atoms with van der Waals surface area (Å²) in [7, 11) is 1.84. The second-order valence-electron chi connectivity index (χ2n) is 6.83. The Balaban J connectivity index is 4.76. The second kappa shape index (κ2) is 4.74. The summed E-state index contributed by atoms with van der Waals surface area (Å²) in [6.45, 7) is 14.4. The molecule has 0 aromatic heterocycles. The van der Waals surface area contributed by atoms with Gasteiger partial charge < -0.3 is 10.6 Å². The minimum atomic E-state index is -0.442. The summed E-state index contributed by atoms with van der Waals surface area (Å²) in [5.41, 5.74) is 5.86. The van der Waals surface area contributed by atoms with Gasteiger partial charge in [-0.15, -0.1) is 0 Å². The Labute approximate surface area is 100 Å². The van der Waals surface area contributed by atoms with E-state index in [-0.39, 0.29) is 22.8 Å². The highest BCUT2D eigenvalue weighted by Crippen LogP contribution is 2.25. The summed E-state index contributed by atoms with van der Waals surface area (Å²) in [6, 6.07) is -0.268. The van der Waals surface area contributed by atoms with E-state index in [0.717, 1.165) is 0 Å². The van der Waals surface area contributed by atoms with Crippen LogP contribution in [0.1, 0.15) is 48.5 Å². The third-order valence-electron chi connectivity index (χ3n) is 3.38. The first-order valence-corrected chi connectivity index (χ1v) is 5.91. The Kier molecular flexibility index (Phi) is 4.57. The molecule has 0 aliphatic heterocycles. The average molecular weight is 228 g/mol. The lowest BCUT2D eigenvalue weighted by Gasteiger charge is -2.38. The number of nitrogens with zero attached hydrogens (tertiary/aromatic N) is 1. The van der Waals surface area contributed by atoms with Crippen molar-refractivity contribution >= 4 is 5.91 Å². The maximum atomic E-state index is 12.2. The lowest BCUT2D eigenvalue weighted by molar-refractivity contribution is -0.137. The lowest BCUT2D eigenvalue weighted by atomic mass is 9.84. The van der Waals surface area contributed by atoms with Crippen molar-refractivity contribution in [2.24, 2.45) is 16.6 Å². The molecule has 2 atom stereocenters. The van der Waals surface area contributed by atoms with Gasteiger partial charge in [0.25, 0.3) is 0 Å². The van der Waals surface area contributed by atoms with E-state index in [4.69, 9.17) is 5.73 Å². The van der Waals surface area contributed by atoms with E-state index in [9.17, 15) is 4.79 Å². The highest BCUT2D eigenvalue weighted by Gasteiger charge is 2.34. The van der Waals surface area contributed by atoms with Crippen molar-refractivity contribution in [2.45, 2.75) is 60.5 Å². The molecule has 3 heteroatoms. The number of likely N-dealkylation sites (N-methyl/N-ethyl adjacent to an activating group) is 1. The van der Waals surface area contributed by atoms with E-state index in [1.165, 1.54) is 0 Å². The highest BCUT2D eigenvalue weighted by molar-refractivity contribution is 5.82. The molecule has 96 valence electrons. The van der Waals surface area contributed by atoms with E-state index in [2.05, 4.69) is 27.7 Å². The lowest BCUT2D eigenvalue weighted by Crippen LogP contribution is -2.53. The highest BCUT2D eigenvalue weighted by atomic mass is 16.2. The van der Waals surface area contributed by atoms with E-state index in [1.807, 2.05) is 27.8 Å². The summed E-state index contributed by atoms with van der Waals surface area (Å²) in [6.07, 6.45) is 0. The molecule has 0 bridgehead atoms. The monoisotopic (exact) mass is 228 g/mol. The largest absolute Gasteiger partial charge is 0.341 e. The molecule has 0 aliphatic rings. The van der Waals surface area contributed by atoms with Crippen molar-refractivity contribution in [3.63, 3.8) is 0 Å². The molecule has 16 heavy (non-hydrogen) atoms. The molecule has 1 amide bonds. The Morgan fingerprint density at radius 2 is 1.44 bits per heavy atom. The first kappa shape index (κ1) is 15.4. The van der Waals surface area contributed by atoms with E-state index >= 15 is 0 Å². The molecular weight excluding hydrogens is 200 g/mol. The molecule has 0 aromatic rings. The number of carbonyl (C=O) groups is 1. The molecule has 2 unspecified atom stereocenters. The normalized spacial score (nSPS) is 16.8. The van der Waals surface area contributed by atoms with Crippen molar-refractivity contribution in [2.75, 3.05) is 7.05 Å². The van der Waals surface area contributed by atoms with Gasteiger partial charge in [0.05, 0.1) is 6.04 Å². The van der Waals surface area contributed by atoms with Crippen molar-refractivity contribution in [1.82, 2.24) is 4.90 Å². The Morgan fingerprint density at radius 1 is 1.06 bits per heavy atom. The van der Waals surface area contributed by atoms with Gasteiger partial charge in [0.2, 0.25) is 5.91 Å². The molecule has 0 aliphatic carbocycles.